The molecule has 8 nitrogen and oxygen atoms in total. The summed E-state index contributed by atoms with van der Waals surface area (Å²) in [6.45, 7) is 3.74. The van der Waals surface area contributed by atoms with Crippen LogP contribution >= 0.6 is 27.7 Å². The summed E-state index contributed by atoms with van der Waals surface area (Å²) in [7, 11) is 0. The van der Waals surface area contributed by atoms with Gasteiger partial charge in [0.2, 0.25) is 5.88 Å². The van der Waals surface area contributed by atoms with E-state index in [0.717, 1.165) is 51.1 Å². The van der Waals surface area contributed by atoms with Gasteiger partial charge in [0.15, 0.2) is 10.8 Å². The molecule has 2 N–H and O–H groups in total. The highest BCUT2D eigenvalue weighted by molar-refractivity contribution is 9.10. The molecule has 4 aromatic rings. The van der Waals surface area contributed by atoms with Crippen LogP contribution in [0.2, 0.25) is 0 Å². The van der Waals surface area contributed by atoms with Crippen LogP contribution in [0.15, 0.2) is 39.2 Å². The monoisotopic (exact) mass is 457 g/mol. The average molecular weight is 458 g/mol. The largest absolute Gasteiger partial charge is 0.471 e. The second-order valence-corrected chi connectivity index (χ2v) is 8.21. The Morgan fingerprint density at radius 2 is 2.07 bits per heavy atom. The van der Waals surface area contributed by atoms with Crippen molar-refractivity contribution in [3.8, 4) is 5.88 Å². The standard InChI is InChI=1S/C18H16BrN7OS/c1-2-11-14(19)13-16(24-11)25-18(26-17(13)27-9-6-20-7-9)28-10-5-12-15(23-8-10)22-4-3-21-12/h3-5,8-9,20H,2,6-7H2,1H3,(H,24,25,26). The minimum atomic E-state index is 0.125. The molecule has 142 valence electrons. The van der Waals surface area contributed by atoms with E-state index in [1.54, 1.807) is 18.6 Å². The Kier molecular flexibility index (Phi) is 4.61. The van der Waals surface area contributed by atoms with Gasteiger partial charge in [-0.3, -0.25) is 4.98 Å². The number of hydrogen-bond acceptors (Lipinski definition) is 8. The molecule has 0 bridgehead atoms. The maximum Gasteiger partial charge on any atom is 0.228 e. The zero-order valence-electron chi connectivity index (χ0n) is 14.9. The summed E-state index contributed by atoms with van der Waals surface area (Å²) >= 11 is 5.10. The first kappa shape index (κ1) is 17.8. The summed E-state index contributed by atoms with van der Waals surface area (Å²) in [6, 6.07) is 1.94. The minimum absolute atomic E-state index is 0.125. The van der Waals surface area contributed by atoms with Gasteiger partial charge in [-0.25, -0.2) is 15.0 Å². The zero-order chi connectivity index (χ0) is 19.1. The first-order chi connectivity index (χ1) is 13.7. The predicted octanol–water partition coefficient (Wildman–Crippen LogP) is 3.12. The van der Waals surface area contributed by atoms with E-state index in [1.807, 2.05) is 6.07 Å². The van der Waals surface area contributed by atoms with Crippen molar-refractivity contribution in [1.82, 2.24) is 35.2 Å². The van der Waals surface area contributed by atoms with Crippen molar-refractivity contribution in [2.75, 3.05) is 13.1 Å². The van der Waals surface area contributed by atoms with Gasteiger partial charge in [0.05, 0.1) is 9.86 Å². The highest BCUT2D eigenvalue weighted by atomic mass is 79.9. The Morgan fingerprint density at radius 3 is 2.86 bits per heavy atom. The van der Waals surface area contributed by atoms with Crippen molar-refractivity contribution in [1.29, 1.82) is 0 Å². The Hall–Kier alpha value is -2.30. The molecule has 5 heterocycles. The Bertz CT molecular complexity index is 1180. The third-order valence-corrected chi connectivity index (χ3v) is 6.19. The molecule has 0 radical (unpaired) electrons. The van der Waals surface area contributed by atoms with Crippen molar-refractivity contribution >= 4 is 49.9 Å². The Balaban J connectivity index is 1.55. The van der Waals surface area contributed by atoms with Crippen LogP contribution in [-0.4, -0.2) is 49.1 Å². The molecule has 1 fully saturated rings. The Morgan fingerprint density at radius 1 is 1.21 bits per heavy atom. The summed E-state index contributed by atoms with van der Waals surface area (Å²) in [5.74, 6) is 0.593. The maximum atomic E-state index is 6.14. The van der Waals surface area contributed by atoms with Crippen LogP contribution in [0.1, 0.15) is 12.6 Å². The zero-order valence-corrected chi connectivity index (χ0v) is 17.3. The minimum Gasteiger partial charge on any atom is -0.471 e. The summed E-state index contributed by atoms with van der Waals surface area (Å²) in [6.07, 6.45) is 6.03. The quantitative estimate of drug-likeness (QED) is 0.440. The number of nitrogens with one attached hydrogen (secondary N) is 2. The number of hydrogen-bond donors (Lipinski definition) is 2. The van der Waals surface area contributed by atoms with E-state index in [9.17, 15) is 0 Å². The van der Waals surface area contributed by atoms with Gasteiger partial charge in [0.1, 0.15) is 17.3 Å². The van der Waals surface area contributed by atoms with Crippen molar-refractivity contribution in [2.24, 2.45) is 0 Å². The molecular formula is C18H16BrN7OS. The van der Waals surface area contributed by atoms with Gasteiger partial charge in [0, 0.05) is 42.3 Å². The fourth-order valence-corrected chi connectivity index (χ4v) is 4.43. The van der Waals surface area contributed by atoms with E-state index in [0.29, 0.717) is 16.7 Å². The van der Waals surface area contributed by atoms with Gasteiger partial charge in [-0.1, -0.05) is 6.92 Å². The van der Waals surface area contributed by atoms with Gasteiger partial charge in [-0.2, -0.15) is 4.98 Å². The Labute approximate surface area is 173 Å². The van der Waals surface area contributed by atoms with E-state index in [1.165, 1.54) is 11.8 Å². The van der Waals surface area contributed by atoms with Gasteiger partial charge in [-0.05, 0) is 40.2 Å². The molecule has 0 aromatic carbocycles. The number of aromatic nitrogens is 6. The lowest BCUT2D eigenvalue weighted by Crippen LogP contribution is -2.50. The predicted molar refractivity (Wildman–Crippen MR) is 110 cm³/mol. The normalized spacial score (nSPS) is 14.5. The van der Waals surface area contributed by atoms with E-state index in [4.69, 9.17) is 14.7 Å². The molecule has 1 aliphatic rings. The van der Waals surface area contributed by atoms with E-state index >= 15 is 0 Å². The molecule has 1 aliphatic heterocycles. The first-order valence-electron chi connectivity index (χ1n) is 8.91. The van der Waals surface area contributed by atoms with E-state index < -0.39 is 0 Å². The number of H-pyrrole nitrogens is 1. The molecule has 0 saturated carbocycles. The van der Waals surface area contributed by atoms with Gasteiger partial charge in [0.25, 0.3) is 0 Å². The number of ether oxygens (including phenoxy) is 1. The average Bonchev–Trinajstić information content (AvgIpc) is 3.00. The summed E-state index contributed by atoms with van der Waals surface area (Å²) in [4.78, 5) is 26.5. The lowest BCUT2D eigenvalue weighted by molar-refractivity contribution is 0.137. The third kappa shape index (κ3) is 3.21. The number of pyridine rings is 1. The van der Waals surface area contributed by atoms with Crippen molar-refractivity contribution in [2.45, 2.75) is 29.5 Å². The molecule has 0 aliphatic carbocycles. The number of aryl methyl sites for hydroxylation is 1. The second kappa shape index (κ2) is 7.26. The summed E-state index contributed by atoms with van der Waals surface area (Å²) in [5.41, 5.74) is 3.19. The van der Waals surface area contributed by atoms with E-state index in [-0.39, 0.29) is 6.10 Å². The molecular weight excluding hydrogens is 442 g/mol. The summed E-state index contributed by atoms with van der Waals surface area (Å²) < 4.78 is 7.10. The van der Waals surface area contributed by atoms with Crippen molar-refractivity contribution < 1.29 is 4.74 Å². The van der Waals surface area contributed by atoms with Gasteiger partial charge >= 0.3 is 0 Å². The smallest absolute Gasteiger partial charge is 0.228 e. The highest BCUT2D eigenvalue weighted by Gasteiger charge is 2.24. The lowest BCUT2D eigenvalue weighted by Gasteiger charge is -2.27. The van der Waals surface area contributed by atoms with Crippen LogP contribution in [0.3, 0.4) is 0 Å². The number of rotatable bonds is 5. The van der Waals surface area contributed by atoms with Crippen LogP contribution < -0.4 is 10.1 Å². The van der Waals surface area contributed by atoms with Crippen molar-refractivity contribution in [3.63, 3.8) is 0 Å². The molecule has 10 heteroatoms. The molecule has 28 heavy (non-hydrogen) atoms. The molecule has 0 unspecified atom stereocenters. The first-order valence-corrected chi connectivity index (χ1v) is 10.5. The molecule has 1 saturated heterocycles. The number of halogens is 1. The topological polar surface area (TPSA) is 102 Å². The number of aromatic amines is 1. The molecule has 4 aromatic heterocycles. The third-order valence-electron chi connectivity index (χ3n) is 4.49. The molecule has 0 spiro atoms. The molecule has 0 amide bonds. The van der Waals surface area contributed by atoms with Crippen LogP contribution in [0.25, 0.3) is 22.2 Å². The van der Waals surface area contributed by atoms with E-state index in [2.05, 4.69) is 48.1 Å². The maximum absolute atomic E-state index is 6.14. The highest BCUT2D eigenvalue weighted by Crippen LogP contribution is 2.37. The van der Waals surface area contributed by atoms with Gasteiger partial charge in [-0.15, -0.1) is 0 Å². The van der Waals surface area contributed by atoms with Crippen LogP contribution in [0, 0.1) is 0 Å². The molecule has 5 rings (SSSR count). The SMILES string of the molecule is CCc1[nH]c2nc(Sc3cnc4nccnc4c3)nc(OC3CNC3)c2c1Br. The summed E-state index contributed by atoms with van der Waals surface area (Å²) in [5, 5.41) is 4.70. The number of nitrogens with zero attached hydrogens (tertiary/aromatic N) is 5. The van der Waals surface area contributed by atoms with Gasteiger partial charge < -0.3 is 15.0 Å². The number of fused-ring (bicyclic) bond motifs is 2. The van der Waals surface area contributed by atoms with Crippen LogP contribution in [0.5, 0.6) is 5.88 Å². The fraction of sp³-hybridized carbons (Fsp3) is 0.278. The molecule has 0 atom stereocenters. The fourth-order valence-electron chi connectivity index (χ4n) is 2.94. The van der Waals surface area contributed by atoms with Crippen LogP contribution in [0.4, 0.5) is 0 Å². The lowest BCUT2D eigenvalue weighted by atomic mass is 10.2. The van der Waals surface area contributed by atoms with Crippen molar-refractivity contribution in [3.05, 3.63) is 34.8 Å². The second-order valence-electron chi connectivity index (χ2n) is 6.38. The van der Waals surface area contributed by atoms with Crippen LogP contribution in [-0.2, 0) is 6.42 Å².